The number of morpholine rings is 1. The maximum absolute atomic E-state index is 12.8. The summed E-state index contributed by atoms with van der Waals surface area (Å²) in [5.74, 6) is 0. The summed E-state index contributed by atoms with van der Waals surface area (Å²) in [6.07, 6.45) is 5.51. The lowest BCUT2D eigenvalue weighted by Crippen LogP contribution is -2.53. The highest BCUT2D eigenvalue weighted by Gasteiger charge is 2.41. The molecular weight excluding hydrogens is 278 g/mol. The number of hydrogen-bond acceptors (Lipinski definition) is 4. The highest BCUT2D eigenvalue weighted by atomic mass is 32.2. The van der Waals surface area contributed by atoms with E-state index in [9.17, 15) is 8.42 Å². The van der Waals surface area contributed by atoms with Gasteiger partial charge in [-0.2, -0.15) is 17.0 Å². The Morgan fingerprint density at radius 2 is 1.90 bits per heavy atom. The van der Waals surface area contributed by atoms with Gasteiger partial charge in [0.25, 0.3) is 10.2 Å². The second-order valence-electron chi connectivity index (χ2n) is 5.97. The van der Waals surface area contributed by atoms with Crippen LogP contribution in [0.3, 0.4) is 0 Å². The van der Waals surface area contributed by atoms with E-state index in [1.807, 2.05) is 0 Å². The van der Waals surface area contributed by atoms with E-state index >= 15 is 0 Å². The Morgan fingerprint density at radius 1 is 1.15 bits per heavy atom. The van der Waals surface area contributed by atoms with Crippen molar-refractivity contribution < 1.29 is 13.2 Å². The minimum Gasteiger partial charge on any atom is -0.379 e. The molecule has 116 valence electrons. The van der Waals surface area contributed by atoms with E-state index in [-0.39, 0.29) is 6.04 Å². The molecular formula is C13H25N3O3S. The fourth-order valence-corrected chi connectivity index (χ4v) is 4.88. The quantitative estimate of drug-likeness (QED) is 0.786. The van der Waals surface area contributed by atoms with Crippen LogP contribution in [0.5, 0.6) is 0 Å². The molecule has 2 saturated heterocycles. The van der Waals surface area contributed by atoms with E-state index in [4.69, 9.17) is 4.74 Å². The lowest BCUT2D eigenvalue weighted by Gasteiger charge is -2.35. The van der Waals surface area contributed by atoms with Gasteiger partial charge in [-0.05, 0) is 32.2 Å². The summed E-state index contributed by atoms with van der Waals surface area (Å²) in [4.78, 5) is 0. The topological polar surface area (TPSA) is 61.9 Å². The van der Waals surface area contributed by atoms with Crippen molar-refractivity contribution in [2.24, 2.45) is 0 Å². The molecule has 1 saturated carbocycles. The molecule has 3 aliphatic rings. The zero-order valence-electron chi connectivity index (χ0n) is 12.0. The van der Waals surface area contributed by atoms with E-state index in [2.05, 4.69) is 5.32 Å². The summed E-state index contributed by atoms with van der Waals surface area (Å²) in [6.45, 7) is 3.65. The number of nitrogens with zero attached hydrogens (tertiary/aromatic N) is 2. The monoisotopic (exact) mass is 303 g/mol. The molecule has 20 heavy (non-hydrogen) atoms. The SMILES string of the molecule is O=S(=O)(N1CCOCC1)N(CC1CCCCN1)C1CC1. The highest BCUT2D eigenvalue weighted by molar-refractivity contribution is 7.86. The Hall–Kier alpha value is -0.210. The molecule has 7 heteroatoms. The van der Waals surface area contributed by atoms with Crippen LogP contribution in [-0.2, 0) is 14.9 Å². The van der Waals surface area contributed by atoms with Crippen molar-refractivity contribution in [2.75, 3.05) is 39.4 Å². The molecule has 0 spiro atoms. The molecule has 0 aromatic carbocycles. The van der Waals surface area contributed by atoms with E-state index in [1.165, 1.54) is 12.8 Å². The first-order valence-electron chi connectivity index (χ1n) is 7.76. The van der Waals surface area contributed by atoms with Gasteiger partial charge in [-0.15, -0.1) is 0 Å². The molecule has 6 nitrogen and oxygen atoms in total. The van der Waals surface area contributed by atoms with Crippen molar-refractivity contribution >= 4 is 10.2 Å². The van der Waals surface area contributed by atoms with Crippen LogP contribution in [0, 0.1) is 0 Å². The van der Waals surface area contributed by atoms with Crippen LogP contribution in [-0.4, -0.2) is 68.5 Å². The van der Waals surface area contributed by atoms with Gasteiger partial charge in [-0.1, -0.05) is 6.42 Å². The van der Waals surface area contributed by atoms with Gasteiger partial charge in [-0.3, -0.25) is 0 Å². The number of hydrogen-bond donors (Lipinski definition) is 1. The molecule has 1 N–H and O–H groups in total. The molecule has 1 unspecified atom stereocenters. The molecule has 0 aromatic heterocycles. The van der Waals surface area contributed by atoms with Crippen LogP contribution in [0.4, 0.5) is 0 Å². The van der Waals surface area contributed by atoms with E-state index in [0.29, 0.717) is 38.9 Å². The Bertz CT molecular complexity index is 413. The summed E-state index contributed by atoms with van der Waals surface area (Å²) in [5.41, 5.74) is 0. The first kappa shape index (κ1) is 14.7. The van der Waals surface area contributed by atoms with E-state index < -0.39 is 10.2 Å². The average molecular weight is 303 g/mol. The number of rotatable bonds is 5. The Balaban J connectivity index is 1.68. The van der Waals surface area contributed by atoms with Crippen LogP contribution in [0.1, 0.15) is 32.1 Å². The van der Waals surface area contributed by atoms with Crippen LogP contribution in [0.25, 0.3) is 0 Å². The van der Waals surface area contributed by atoms with E-state index in [1.54, 1.807) is 8.61 Å². The molecule has 0 bridgehead atoms. The Kier molecular flexibility index (Phi) is 4.62. The molecule has 1 atom stereocenters. The lowest BCUT2D eigenvalue weighted by atomic mass is 10.1. The van der Waals surface area contributed by atoms with Gasteiger partial charge in [0, 0.05) is 31.7 Å². The van der Waals surface area contributed by atoms with Gasteiger partial charge in [0.05, 0.1) is 13.2 Å². The third-order valence-corrected chi connectivity index (χ3v) is 6.42. The second kappa shape index (κ2) is 6.27. The predicted molar refractivity (Wildman–Crippen MR) is 76.7 cm³/mol. The lowest BCUT2D eigenvalue weighted by molar-refractivity contribution is 0.0696. The molecule has 0 amide bonds. The zero-order chi connectivity index (χ0) is 14.0. The minimum atomic E-state index is -3.31. The Morgan fingerprint density at radius 3 is 2.50 bits per heavy atom. The summed E-state index contributed by atoms with van der Waals surface area (Å²) in [6, 6.07) is 0.548. The van der Waals surface area contributed by atoms with Crippen molar-refractivity contribution in [1.29, 1.82) is 0 Å². The predicted octanol–water partition coefficient (Wildman–Crippen LogP) is 0.170. The maximum Gasteiger partial charge on any atom is 0.282 e. The van der Waals surface area contributed by atoms with Crippen molar-refractivity contribution in [1.82, 2.24) is 13.9 Å². The minimum absolute atomic E-state index is 0.228. The van der Waals surface area contributed by atoms with Crippen LogP contribution in [0.2, 0.25) is 0 Å². The first-order chi connectivity index (χ1) is 9.68. The Labute approximate surface area is 121 Å². The van der Waals surface area contributed by atoms with Crippen molar-refractivity contribution in [3.8, 4) is 0 Å². The fraction of sp³-hybridized carbons (Fsp3) is 1.00. The fourth-order valence-electron chi connectivity index (χ4n) is 3.02. The van der Waals surface area contributed by atoms with Gasteiger partial charge in [-0.25, -0.2) is 0 Å². The van der Waals surface area contributed by atoms with Gasteiger partial charge in [0.1, 0.15) is 0 Å². The van der Waals surface area contributed by atoms with Gasteiger partial charge in [0.15, 0.2) is 0 Å². The summed E-state index contributed by atoms with van der Waals surface area (Å²) < 4.78 is 34.2. The third-order valence-electron chi connectivity index (χ3n) is 4.36. The zero-order valence-corrected chi connectivity index (χ0v) is 12.8. The van der Waals surface area contributed by atoms with Gasteiger partial charge >= 0.3 is 0 Å². The summed E-state index contributed by atoms with van der Waals surface area (Å²) in [7, 11) is -3.31. The van der Waals surface area contributed by atoms with E-state index in [0.717, 1.165) is 25.8 Å². The normalized spacial score (nSPS) is 29.8. The highest BCUT2D eigenvalue weighted by Crippen LogP contribution is 2.31. The largest absolute Gasteiger partial charge is 0.379 e. The number of piperidine rings is 1. The molecule has 0 aromatic rings. The summed E-state index contributed by atoms with van der Waals surface area (Å²) in [5, 5.41) is 3.46. The smallest absolute Gasteiger partial charge is 0.282 e. The maximum atomic E-state index is 12.8. The number of nitrogens with one attached hydrogen (secondary N) is 1. The van der Waals surface area contributed by atoms with Crippen LogP contribution in [0.15, 0.2) is 0 Å². The van der Waals surface area contributed by atoms with Crippen molar-refractivity contribution in [3.63, 3.8) is 0 Å². The van der Waals surface area contributed by atoms with Gasteiger partial charge in [0.2, 0.25) is 0 Å². The third kappa shape index (κ3) is 3.33. The van der Waals surface area contributed by atoms with Crippen molar-refractivity contribution in [2.45, 2.75) is 44.2 Å². The standard InChI is InChI=1S/C13H25N3O3S/c17-20(18,15-7-9-19-10-8-15)16(13-4-5-13)11-12-3-1-2-6-14-12/h12-14H,1-11H2. The summed E-state index contributed by atoms with van der Waals surface area (Å²) >= 11 is 0. The van der Waals surface area contributed by atoms with Crippen LogP contribution < -0.4 is 5.32 Å². The van der Waals surface area contributed by atoms with Crippen molar-refractivity contribution in [3.05, 3.63) is 0 Å². The molecule has 0 radical (unpaired) electrons. The molecule has 2 heterocycles. The molecule has 2 aliphatic heterocycles. The number of ether oxygens (including phenoxy) is 1. The first-order valence-corrected chi connectivity index (χ1v) is 9.15. The molecule has 3 fully saturated rings. The van der Waals surface area contributed by atoms with Gasteiger partial charge < -0.3 is 10.1 Å². The average Bonchev–Trinajstić information content (AvgIpc) is 3.31. The van der Waals surface area contributed by atoms with Crippen LogP contribution >= 0.6 is 0 Å². The molecule has 1 aliphatic carbocycles. The molecule has 3 rings (SSSR count). The second-order valence-corrected chi connectivity index (χ2v) is 7.85.